The Hall–Kier alpha value is -3.04. The lowest BCUT2D eigenvalue weighted by Gasteiger charge is -2.37. The van der Waals surface area contributed by atoms with E-state index in [1.54, 1.807) is 12.1 Å². The van der Waals surface area contributed by atoms with E-state index in [4.69, 9.17) is 11.5 Å². The van der Waals surface area contributed by atoms with Crippen LogP contribution in [0.3, 0.4) is 0 Å². The maximum atomic E-state index is 14.3. The standard InChI is InChI=1S/C38H52N6O6.2ClH/c39-25-27-5-9-29(10-6-27)33(45)13-15-37(49,35(47)43-21-17-41-18-22-43)31-3-1-2-4-32(31)38(50,36(48)44-23-19-42-20-24-44)16-14-34(46)30-11-7-28(26-40)8-12-30;;/h1-4,27-30,41-42,49-50H,5-12,17-26,39-40H2;2*1H. The molecule has 286 valence electrons. The summed E-state index contributed by atoms with van der Waals surface area (Å²) in [5.41, 5.74) is 6.14. The lowest BCUT2D eigenvalue weighted by molar-refractivity contribution is -0.149. The number of aliphatic hydroxyl groups is 2. The van der Waals surface area contributed by atoms with Gasteiger partial charge < -0.3 is 42.1 Å². The summed E-state index contributed by atoms with van der Waals surface area (Å²) >= 11 is 0. The fourth-order valence-electron chi connectivity index (χ4n) is 7.61. The van der Waals surface area contributed by atoms with Gasteiger partial charge in [0.25, 0.3) is 11.8 Å². The highest BCUT2D eigenvalue weighted by molar-refractivity contribution is 6.01. The summed E-state index contributed by atoms with van der Waals surface area (Å²) in [5.74, 6) is 8.19. The van der Waals surface area contributed by atoms with Crippen LogP contribution in [0.1, 0.15) is 62.5 Å². The second-order valence-electron chi connectivity index (χ2n) is 14.2. The molecule has 2 aliphatic carbocycles. The summed E-state index contributed by atoms with van der Waals surface area (Å²) in [6.07, 6.45) is 5.67. The van der Waals surface area contributed by atoms with Gasteiger partial charge >= 0.3 is 0 Å². The third-order valence-corrected chi connectivity index (χ3v) is 11.0. The number of benzene rings is 1. The van der Waals surface area contributed by atoms with E-state index in [-0.39, 0.29) is 85.5 Å². The van der Waals surface area contributed by atoms with Crippen LogP contribution in [-0.4, -0.2) is 109 Å². The van der Waals surface area contributed by atoms with Gasteiger partial charge in [-0.15, -0.1) is 24.8 Å². The number of nitrogens with two attached hydrogens (primary N) is 2. The molecule has 2 aliphatic heterocycles. The number of carbonyl (C=O) groups is 4. The Morgan fingerprint density at radius 3 is 1.27 bits per heavy atom. The molecule has 4 aliphatic rings. The second kappa shape index (κ2) is 19.9. The zero-order valence-corrected chi connectivity index (χ0v) is 31.4. The molecule has 8 N–H and O–H groups in total. The summed E-state index contributed by atoms with van der Waals surface area (Å²) in [6, 6.07) is 5.98. The zero-order chi connectivity index (χ0) is 35.7. The number of nitrogens with one attached hydrogen (secondary N) is 2. The van der Waals surface area contributed by atoms with Crippen molar-refractivity contribution in [1.82, 2.24) is 20.4 Å². The highest BCUT2D eigenvalue weighted by Crippen LogP contribution is 2.36. The van der Waals surface area contributed by atoms with Crippen molar-refractivity contribution in [3.63, 3.8) is 0 Å². The highest BCUT2D eigenvalue weighted by atomic mass is 35.5. The highest BCUT2D eigenvalue weighted by Gasteiger charge is 2.49. The molecular formula is C38H54Cl2N6O6. The van der Waals surface area contributed by atoms with Crippen molar-refractivity contribution in [3.8, 4) is 23.7 Å². The van der Waals surface area contributed by atoms with Crippen molar-refractivity contribution in [2.45, 2.75) is 62.6 Å². The molecule has 0 radical (unpaired) electrons. The van der Waals surface area contributed by atoms with Gasteiger partial charge in [-0.1, -0.05) is 24.3 Å². The van der Waals surface area contributed by atoms with Gasteiger partial charge in [0, 0.05) is 75.3 Å². The van der Waals surface area contributed by atoms with Crippen molar-refractivity contribution >= 4 is 48.2 Å². The van der Waals surface area contributed by atoms with Gasteiger partial charge in [-0.05, 0) is 100.0 Å². The van der Waals surface area contributed by atoms with Crippen LogP contribution in [0.2, 0.25) is 0 Å². The Labute approximate surface area is 319 Å². The predicted octanol–water partition coefficient (Wildman–Crippen LogP) is 0.444. The molecule has 2 amide bonds. The van der Waals surface area contributed by atoms with Gasteiger partial charge in [0.15, 0.2) is 0 Å². The smallest absolute Gasteiger partial charge is 0.272 e. The molecule has 5 rings (SSSR count). The van der Waals surface area contributed by atoms with E-state index in [2.05, 4.69) is 34.3 Å². The average molecular weight is 762 g/mol. The largest absolute Gasteiger partial charge is 0.366 e. The lowest BCUT2D eigenvalue weighted by atomic mass is 9.78. The molecule has 0 bridgehead atoms. The number of nitrogens with zero attached hydrogens (tertiary/aromatic N) is 2. The zero-order valence-electron chi connectivity index (χ0n) is 29.7. The molecular weight excluding hydrogens is 707 g/mol. The lowest BCUT2D eigenvalue weighted by Crippen LogP contribution is -2.56. The Balaban J connectivity index is 0.00000364. The van der Waals surface area contributed by atoms with E-state index in [0.29, 0.717) is 76.8 Å². The molecule has 1 aromatic rings. The minimum atomic E-state index is -2.61. The molecule has 14 heteroatoms. The van der Waals surface area contributed by atoms with Gasteiger partial charge in [0.2, 0.25) is 22.8 Å². The van der Waals surface area contributed by atoms with Crippen molar-refractivity contribution in [3.05, 3.63) is 35.4 Å². The molecule has 52 heavy (non-hydrogen) atoms. The fourth-order valence-corrected chi connectivity index (χ4v) is 7.61. The summed E-state index contributed by atoms with van der Waals surface area (Å²) in [6.45, 7) is 4.22. The first-order valence-corrected chi connectivity index (χ1v) is 18.2. The molecule has 2 saturated carbocycles. The molecule has 12 nitrogen and oxygen atoms in total. The Kier molecular flexibility index (Phi) is 16.6. The monoisotopic (exact) mass is 760 g/mol. The number of piperazine rings is 2. The normalized spacial score (nSPS) is 25.5. The number of ketones is 2. The van der Waals surface area contributed by atoms with E-state index in [1.165, 1.54) is 21.9 Å². The van der Waals surface area contributed by atoms with Crippen LogP contribution in [0.5, 0.6) is 0 Å². The number of Topliss-reactive ketones (excluding diaryl/α,β-unsaturated/α-hetero) is 2. The van der Waals surface area contributed by atoms with Gasteiger partial charge in [-0.25, -0.2) is 0 Å². The summed E-state index contributed by atoms with van der Waals surface area (Å²) in [4.78, 5) is 58.3. The third-order valence-electron chi connectivity index (χ3n) is 11.0. The maximum Gasteiger partial charge on any atom is 0.272 e. The van der Waals surface area contributed by atoms with Crippen molar-refractivity contribution < 1.29 is 29.4 Å². The van der Waals surface area contributed by atoms with Crippen molar-refractivity contribution in [2.75, 3.05) is 65.4 Å². The van der Waals surface area contributed by atoms with Crippen molar-refractivity contribution in [2.24, 2.45) is 35.1 Å². The summed E-state index contributed by atoms with van der Waals surface area (Å²) in [7, 11) is 0. The van der Waals surface area contributed by atoms with Gasteiger partial charge in [0.05, 0.1) is 0 Å². The first kappa shape index (κ1) is 43.4. The van der Waals surface area contributed by atoms with Crippen LogP contribution >= 0.6 is 24.8 Å². The third kappa shape index (κ3) is 9.93. The number of hydrogen-bond acceptors (Lipinski definition) is 10. The molecule has 2 heterocycles. The Morgan fingerprint density at radius 1 is 0.635 bits per heavy atom. The topological polar surface area (TPSA) is 191 Å². The maximum absolute atomic E-state index is 14.3. The number of halogens is 2. The Bertz CT molecular complexity index is 1420. The van der Waals surface area contributed by atoms with E-state index in [0.717, 1.165) is 25.7 Å². The van der Waals surface area contributed by atoms with E-state index in [9.17, 15) is 29.4 Å². The molecule has 2 saturated heterocycles. The first-order valence-electron chi connectivity index (χ1n) is 18.2. The number of hydrogen-bond donors (Lipinski definition) is 6. The van der Waals surface area contributed by atoms with Crippen LogP contribution in [0.15, 0.2) is 24.3 Å². The van der Waals surface area contributed by atoms with Gasteiger partial charge in [-0.3, -0.25) is 19.2 Å². The molecule has 0 aromatic heterocycles. The first-order chi connectivity index (χ1) is 24.1. The average Bonchev–Trinajstić information content (AvgIpc) is 3.18. The molecule has 2 unspecified atom stereocenters. The molecule has 1 aromatic carbocycles. The number of carbonyl (C=O) groups excluding carboxylic acids is 4. The van der Waals surface area contributed by atoms with Gasteiger partial charge in [-0.2, -0.15) is 0 Å². The minimum Gasteiger partial charge on any atom is -0.366 e. The SMILES string of the molecule is Cl.Cl.NCC1CCC(C(=O)C#CC(O)(C(=O)N2CCNCC2)c2ccccc2C(O)(C#CC(=O)C2CCC(CN)CC2)C(=O)N2CCNCC2)CC1. The van der Waals surface area contributed by atoms with Crippen LogP contribution in [0.4, 0.5) is 0 Å². The van der Waals surface area contributed by atoms with Crippen LogP contribution in [-0.2, 0) is 30.4 Å². The van der Waals surface area contributed by atoms with Gasteiger partial charge in [0.1, 0.15) is 0 Å². The molecule has 0 spiro atoms. The molecule has 4 fully saturated rings. The van der Waals surface area contributed by atoms with Crippen LogP contribution in [0.25, 0.3) is 0 Å². The summed E-state index contributed by atoms with van der Waals surface area (Å²) in [5, 5.41) is 31.3. The fraction of sp³-hybridized carbons (Fsp3) is 0.632. The number of amides is 2. The van der Waals surface area contributed by atoms with Crippen LogP contribution < -0.4 is 22.1 Å². The minimum absolute atomic E-state index is 0. The molecule has 2 atom stereocenters. The van der Waals surface area contributed by atoms with Crippen molar-refractivity contribution in [1.29, 1.82) is 0 Å². The van der Waals surface area contributed by atoms with Crippen LogP contribution in [0, 0.1) is 47.4 Å². The van der Waals surface area contributed by atoms with E-state index in [1.807, 2.05) is 0 Å². The summed E-state index contributed by atoms with van der Waals surface area (Å²) < 4.78 is 0. The predicted molar refractivity (Wildman–Crippen MR) is 202 cm³/mol. The second-order valence-corrected chi connectivity index (χ2v) is 14.2. The van der Waals surface area contributed by atoms with E-state index < -0.39 is 23.0 Å². The van der Waals surface area contributed by atoms with E-state index >= 15 is 0 Å². The Morgan fingerprint density at radius 2 is 0.962 bits per heavy atom. The number of rotatable bonds is 8. The quantitative estimate of drug-likeness (QED) is 0.160.